The standard InChI is InChI=1S/C14H27NO2/c1-3-16-14(17-4-2)13(15)9-12-8-10-5-6-11(12)7-10/h10-14H,3-9,15H2,1-2H3. The first-order valence-electron chi connectivity index (χ1n) is 7.23. The van der Waals surface area contributed by atoms with Gasteiger partial charge in [0.15, 0.2) is 6.29 Å². The summed E-state index contributed by atoms with van der Waals surface area (Å²) in [6.07, 6.45) is 6.59. The van der Waals surface area contributed by atoms with E-state index in [2.05, 4.69) is 0 Å². The Balaban J connectivity index is 1.80. The van der Waals surface area contributed by atoms with Gasteiger partial charge in [0.1, 0.15) is 0 Å². The molecular weight excluding hydrogens is 214 g/mol. The maximum Gasteiger partial charge on any atom is 0.172 e. The Morgan fingerprint density at radius 3 is 2.29 bits per heavy atom. The number of hydrogen-bond acceptors (Lipinski definition) is 3. The van der Waals surface area contributed by atoms with Crippen LogP contribution < -0.4 is 5.73 Å². The van der Waals surface area contributed by atoms with Gasteiger partial charge < -0.3 is 15.2 Å². The van der Waals surface area contributed by atoms with Gasteiger partial charge in [-0.2, -0.15) is 0 Å². The molecule has 0 radical (unpaired) electrons. The zero-order valence-corrected chi connectivity index (χ0v) is 11.2. The number of ether oxygens (including phenoxy) is 2. The molecule has 17 heavy (non-hydrogen) atoms. The second kappa shape index (κ2) is 6.17. The highest BCUT2D eigenvalue weighted by Crippen LogP contribution is 2.49. The lowest BCUT2D eigenvalue weighted by Crippen LogP contribution is -2.41. The molecule has 2 aliphatic rings. The van der Waals surface area contributed by atoms with Crippen LogP contribution in [0.25, 0.3) is 0 Å². The predicted octanol–water partition coefficient (Wildman–Crippen LogP) is 2.54. The molecule has 4 atom stereocenters. The SMILES string of the molecule is CCOC(OCC)C(N)CC1CC2CCC1C2. The van der Waals surface area contributed by atoms with Crippen LogP contribution in [0.4, 0.5) is 0 Å². The molecule has 0 spiro atoms. The lowest BCUT2D eigenvalue weighted by molar-refractivity contribution is -0.151. The zero-order valence-electron chi connectivity index (χ0n) is 11.2. The van der Waals surface area contributed by atoms with Crippen LogP contribution in [0.1, 0.15) is 46.0 Å². The van der Waals surface area contributed by atoms with E-state index in [0.717, 1.165) is 24.2 Å². The van der Waals surface area contributed by atoms with Gasteiger partial charge in [-0.3, -0.25) is 0 Å². The third-order valence-corrected chi connectivity index (χ3v) is 4.47. The lowest BCUT2D eigenvalue weighted by atomic mass is 9.84. The van der Waals surface area contributed by atoms with Crippen molar-refractivity contribution in [1.29, 1.82) is 0 Å². The van der Waals surface area contributed by atoms with E-state index in [-0.39, 0.29) is 12.3 Å². The van der Waals surface area contributed by atoms with Crippen molar-refractivity contribution in [2.75, 3.05) is 13.2 Å². The van der Waals surface area contributed by atoms with Crippen LogP contribution in [-0.2, 0) is 9.47 Å². The Labute approximate surface area is 105 Å². The molecule has 2 bridgehead atoms. The van der Waals surface area contributed by atoms with E-state index in [1.165, 1.54) is 25.7 Å². The van der Waals surface area contributed by atoms with E-state index in [1.54, 1.807) is 0 Å². The molecule has 4 unspecified atom stereocenters. The van der Waals surface area contributed by atoms with Crippen molar-refractivity contribution in [3.8, 4) is 0 Å². The monoisotopic (exact) mass is 241 g/mol. The maximum atomic E-state index is 6.25. The van der Waals surface area contributed by atoms with Crippen molar-refractivity contribution in [3.05, 3.63) is 0 Å². The van der Waals surface area contributed by atoms with Gasteiger partial charge in [0.25, 0.3) is 0 Å². The van der Waals surface area contributed by atoms with Crippen molar-refractivity contribution in [2.45, 2.75) is 58.3 Å². The lowest BCUT2D eigenvalue weighted by Gasteiger charge is -2.29. The third-order valence-electron chi connectivity index (χ3n) is 4.47. The Morgan fingerprint density at radius 1 is 1.12 bits per heavy atom. The number of rotatable bonds is 7. The van der Waals surface area contributed by atoms with Crippen LogP contribution in [0, 0.1) is 17.8 Å². The summed E-state index contributed by atoms with van der Waals surface area (Å²) in [7, 11) is 0. The summed E-state index contributed by atoms with van der Waals surface area (Å²) in [5.74, 6) is 2.76. The molecule has 2 rings (SSSR count). The van der Waals surface area contributed by atoms with Gasteiger partial charge in [0.05, 0.1) is 6.04 Å². The molecule has 2 fully saturated rings. The van der Waals surface area contributed by atoms with Crippen molar-refractivity contribution in [3.63, 3.8) is 0 Å². The average Bonchev–Trinajstić information content (AvgIpc) is 2.90. The molecule has 0 saturated heterocycles. The van der Waals surface area contributed by atoms with E-state index in [9.17, 15) is 0 Å². The highest BCUT2D eigenvalue weighted by Gasteiger charge is 2.40. The number of nitrogens with two attached hydrogens (primary N) is 1. The number of hydrogen-bond donors (Lipinski definition) is 1. The molecule has 0 heterocycles. The average molecular weight is 241 g/mol. The van der Waals surface area contributed by atoms with Gasteiger partial charge >= 0.3 is 0 Å². The minimum absolute atomic E-state index is 0.0410. The van der Waals surface area contributed by atoms with E-state index in [0.29, 0.717) is 13.2 Å². The fourth-order valence-corrected chi connectivity index (χ4v) is 3.75. The summed E-state index contributed by atoms with van der Waals surface area (Å²) in [6.45, 7) is 5.34. The molecule has 0 aliphatic heterocycles. The van der Waals surface area contributed by atoms with E-state index in [1.807, 2.05) is 13.8 Å². The Hall–Kier alpha value is -0.120. The van der Waals surface area contributed by atoms with E-state index < -0.39 is 0 Å². The maximum absolute atomic E-state index is 6.25. The summed E-state index contributed by atoms with van der Waals surface area (Å²) in [5.41, 5.74) is 6.25. The van der Waals surface area contributed by atoms with Crippen molar-refractivity contribution < 1.29 is 9.47 Å². The van der Waals surface area contributed by atoms with Gasteiger partial charge in [0, 0.05) is 13.2 Å². The highest BCUT2D eigenvalue weighted by atomic mass is 16.7. The molecule has 0 aromatic heterocycles. The molecule has 3 nitrogen and oxygen atoms in total. The van der Waals surface area contributed by atoms with Gasteiger partial charge in [0.2, 0.25) is 0 Å². The fourth-order valence-electron chi connectivity index (χ4n) is 3.75. The van der Waals surface area contributed by atoms with Crippen LogP contribution in [-0.4, -0.2) is 25.5 Å². The molecule has 0 amide bonds. The summed E-state index contributed by atoms with van der Waals surface area (Å²) in [6, 6.07) is 0.0410. The quantitative estimate of drug-likeness (QED) is 0.697. The molecule has 2 N–H and O–H groups in total. The molecule has 0 aromatic rings. The fraction of sp³-hybridized carbons (Fsp3) is 1.00. The topological polar surface area (TPSA) is 44.5 Å². The van der Waals surface area contributed by atoms with Crippen molar-refractivity contribution in [2.24, 2.45) is 23.5 Å². The summed E-state index contributed by atoms with van der Waals surface area (Å²) in [4.78, 5) is 0. The summed E-state index contributed by atoms with van der Waals surface area (Å²) < 4.78 is 11.2. The van der Waals surface area contributed by atoms with Crippen LogP contribution in [0.3, 0.4) is 0 Å². The van der Waals surface area contributed by atoms with Gasteiger partial charge in [-0.25, -0.2) is 0 Å². The largest absolute Gasteiger partial charge is 0.351 e. The molecule has 2 aliphatic carbocycles. The van der Waals surface area contributed by atoms with Crippen molar-refractivity contribution in [1.82, 2.24) is 0 Å². The third kappa shape index (κ3) is 3.21. The second-order valence-electron chi connectivity index (χ2n) is 5.61. The van der Waals surface area contributed by atoms with Crippen LogP contribution in [0.15, 0.2) is 0 Å². The number of fused-ring (bicyclic) bond motifs is 2. The van der Waals surface area contributed by atoms with Crippen LogP contribution >= 0.6 is 0 Å². The first-order chi connectivity index (χ1) is 8.24. The first-order valence-corrected chi connectivity index (χ1v) is 7.23. The zero-order chi connectivity index (χ0) is 12.3. The Morgan fingerprint density at radius 2 is 1.82 bits per heavy atom. The first kappa shape index (κ1) is 13.3. The van der Waals surface area contributed by atoms with Crippen LogP contribution in [0.5, 0.6) is 0 Å². The Kier molecular flexibility index (Phi) is 4.83. The second-order valence-corrected chi connectivity index (χ2v) is 5.61. The molecule has 0 aromatic carbocycles. The Bertz CT molecular complexity index is 228. The molecular formula is C14H27NO2. The molecule has 3 heteroatoms. The van der Waals surface area contributed by atoms with Gasteiger partial charge in [-0.05, 0) is 57.3 Å². The van der Waals surface area contributed by atoms with Gasteiger partial charge in [-0.15, -0.1) is 0 Å². The van der Waals surface area contributed by atoms with E-state index >= 15 is 0 Å². The summed E-state index contributed by atoms with van der Waals surface area (Å²) in [5, 5.41) is 0. The minimum Gasteiger partial charge on any atom is -0.351 e. The summed E-state index contributed by atoms with van der Waals surface area (Å²) >= 11 is 0. The highest BCUT2D eigenvalue weighted by molar-refractivity contribution is 4.91. The smallest absolute Gasteiger partial charge is 0.172 e. The predicted molar refractivity (Wildman–Crippen MR) is 68.6 cm³/mol. The molecule has 100 valence electrons. The minimum atomic E-state index is -0.205. The normalized spacial score (nSPS) is 33.5. The van der Waals surface area contributed by atoms with Crippen molar-refractivity contribution >= 4 is 0 Å². The van der Waals surface area contributed by atoms with Crippen LogP contribution in [0.2, 0.25) is 0 Å². The van der Waals surface area contributed by atoms with Gasteiger partial charge in [-0.1, -0.05) is 6.42 Å². The van der Waals surface area contributed by atoms with E-state index in [4.69, 9.17) is 15.2 Å². The molecule has 2 saturated carbocycles.